The van der Waals surface area contributed by atoms with Gasteiger partial charge in [-0.1, -0.05) is 6.07 Å². The molecule has 1 aliphatic rings. The second-order valence-corrected chi connectivity index (χ2v) is 6.78. The molecule has 1 aromatic rings. The van der Waals surface area contributed by atoms with Crippen LogP contribution in [0, 0.1) is 11.6 Å². The van der Waals surface area contributed by atoms with Crippen LogP contribution in [0.4, 0.5) is 14.5 Å². The second-order valence-electron chi connectivity index (χ2n) is 4.74. The van der Waals surface area contributed by atoms with Crippen LogP contribution in [0.5, 0.6) is 0 Å². The largest absolute Gasteiger partial charge is 0.367 e. The molecule has 0 saturated carbocycles. The molecule has 7 heteroatoms. The highest BCUT2D eigenvalue weighted by molar-refractivity contribution is 7.88. The predicted octanol–water partition coefficient (Wildman–Crippen LogP) is 1.43. The number of rotatable bonds is 3. The topological polar surface area (TPSA) is 40.6 Å². The lowest BCUT2D eigenvalue weighted by atomic mass is 10.2. The van der Waals surface area contributed by atoms with Gasteiger partial charge in [0.25, 0.3) is 0 Å². The fourth-order valence-corrected chi connectivity index (χ4v) is 2.98. The summed E-state index contributed by atoms with van der Waals surface area (Å²) in [6.45, 7) is 0.870. The van der Waals surface area contributed by atoms with Gasteiger partial charge in [0.1, 0.15) is 0 Å². The van der Waals surface area contributed by atoms with Crippen molar-refractivity contribution in [3.8, 4) is 0 Å². The maximum Gasteiger partial charge on any atom is 0.211 e. The summed E-state index contributed by atoms with van der Waals surface area (Å²) in [6, 6.07) is 3.80. The average molecular weight is 290 g/mol. The number of hydrogen-bond acceptors (Lipinski definition) is 3. The van der Waals surface area contributed by atoms with Crippen LogP contribution in [0.1, 0.15) is 6.42 Å². The summed E-state index contributed by atoms with van der Waals surface area (Å²) in [5.74, 6) is -1.78. The third-order valence-corrected chi connectivity index (χ3v) is 4.82. The molecule has 1 aromatic carbocycles. The maximum atomic E-state index is 13.7. The summed E-state index contributed by atoms with van der Waals surface area (Å²) >= 11 is 0. The molecule has 1 atom stereocenters. The van der Waals surface area contributed by atoms with E-state index in [-0.39, 0.29) is 11.7 Å². The first-order valence-corrected chi connectivity index (χ1v) is 7.77. The standard InChI is InChI=1S/C12H16F2N2O2S/c1-15(19(2,17)18)9-6-7-16(8-9)11-5-3-4-10(13)12(11)14/h3-5,9H,6-8H2,1-2H3/t9-/m1/s1. The summed E-state index contributed by atoms with van der Waals surface area (Å²) in [5, 5.41) is 0. The van der Waals surface area contributed by atoms with Crippen LogP contribution in [0.25, 0.3) is 0 Å². The van der Waals surface area contributed by atoms with Crippen molar-refractivity contribution >= 4 is 15.7 Å². The molecule has 0 bridgehead atoms. The predicted molar refractivity (Wildman–Crippen MR) is 69.6 cm³/mol. The maximum absolute atomic E-state index is 13.7. The van der Waals surface area contributed by atoms with Crippen LogP contribution >= 0.6 is 0 Å². The third kappa shape index (κ3) is 2.87. The molecule has 0 radical (unpaired) electrons. The summed E-state index contributed by atoms with van der Waals surface area (Å²) in [4.78, 5) is 1.67. The average Bonchev–Trinajstić information content (AvgIpc) is 2.79. The van der Waals surface area contributed by atoms with Gasteiger partial charge >= 0.3 is 0 Å². The molecule has 0 aliphatic carbocycles. The number of nitrogens with zero attached hydrogens (tertiary/aromatic N) is 2. The summed E-state index contributed by atoms with van der Waals surface area (Å²) < 4.78 is 51.0. The first kappa shape index (κ1) is 14.2. The van der Waals surface area contributed by atoms with E-state index >= 15 is 0 Å². The Morgan fingerprint density at radius 1 is 1.37 bits per heavy atom. The number of hydrogen-bond donors (Lipinski definition) is 0. The van der Waals surface area contributed by atoms with Gasteiger partial charge in [-0.05, 0) is 18.6 Å². The molecule has 1 aliphatic heterocycles. The normalized spacial score (nSPS) is 20.3. The molecule has 106 valence electrons. The van der Waals surface area contributed by atoms with Crippen LogP contribution in [-0.2, 0) is 10.0 Å². The first-order valence-electron chi connectivity index (χ1n) is 5.92. The van der Waals surface area contributed by atoms with Gasteiger partial charge in [-0.15, -0.1) is 0 Å². The van der Waals surface area contributed by atoms with E-state index in [1.54, 1.807) is 4.90 Å². The van der Waals surface area contributed by atoms with Gasteiger partial charge in [0.2, 0.25) is 10.0 Å². The highest BCUT2D eigenvalue weighted by atomic mass is 32.2. The first-order chi connectivity index (χ1) is 8.80. The summed E-state index contributed by atoms with van der Waals surface area (Å²) in [5.41, 5.74) is 0.185. The molecular weight excluding hydrogens is 274 g/mol. The van der Waals surface area contributed by atoms with E-state index in [0.29, 0.717) is 19.5 Å². The zero-order chi connectivity index (χ0) is 14.2. The van der Waals surface area contributed by atoms with Crippen molar-refractivity contribution in [1.29, 1.82) is 0 Å². The molecule has 1 saturated heterocycles. The molecule has 2 rings (SSSR count). The van der Waals surface area contributed by atoms with E-state index in [0.717, 1.165) is 12.3 Å². The Morgan fingerprint density at radius 3 is 2.68 bits per heavy atom. The number of likely N-dealkylation sites (N-methyl/N-ethyl adjacent to an activating group) is 1. The molecule has 0 amide bonds. The monoisotopic (exact) mass is 290 g/mol. The Bertz CT molecular complexity index is 577. The van der Waals surface area contributed by atoms with E-state index in [9.17, 15) is 17.2 Å². The fraction of sp³-hybridized carbons (Fsp3) is 0.500. The van der Waals surface area contributed by atoms with Crippen molar-refractivity contribution in [2.45, 2.75) is 12.5 Å². The zero-order valence-corrected chi connectivity index (χ0v) is 11.6. The van der Waals surface area contributed by atoms with Crippen molar-refractivity contribution in [3.63, 3.8) is 0 Å². The minimum Gasteiger partial charge on any atom is -0.367 e. The summed E-state index contributed by atoms with van der Waals surface area (Å²) in [7, 11) is -1.77. The van der Waals surface area contributed by atoms with Gasteiger partial charge in [-0.2, -0.15) is 0 Å². The fourth-order valence-electron chi connectivity index (χ4n) is 2.26. The minimum atomic E-state index is -3.27. The third-order valence-electron chi connectivity index (χ3n) is 3.47. The lowest BCUT2D eigenvalue weighted by molar-refractivity contribution is 0.393. The Balaban J connectivity index is 2.17. The Morgan fingerprint density at radius 2 is 2.05 bits per heavy atom. The molecule has 4 nitrogen and oxygen atoms in total. The molecule has 0 N–H and O–H groups in total. The molecule has 1 heterocycles. The molecule has 0 unspecified atom stereocenters. The van der Waals surface area contributed by atoms with E-state index in [1.165, 1.54) is 23.5 Å². The van der Waals surface area contributed by atoms with Crippen molar-refractivity contribution in [1.82, 2.24) is 4.31 Å². The van der Waals surface area contributed by atoms with E-state index in [4.69, 9.17) is 0 Å². The zero-order valence-electron chi connectivity index (χ0n) is 10.8. The van der Waals surface area contributed by atoms with Gasteiger partial charge in [-0.25, -0.2) is 21.5 Å². The lowest BCUT2D eigenvalue weighted by Gasteiger charge is -2.23. The molecular formula is C12H16F2N2O2S. The minimum absolute atomic E-state index is 0.185. The van der Waals surface area contributed by atoms with Gasteiger partial charge in [0, 0.05) is 26.2 Å². The number of halogens is 2. The molecule has 0 aromatic heterocycles. The molecule has 0 spiro atoms. The van der Waals surface area contributed by atoms with E-state index in [1.807, 2.05) is 0 Å². The number of sulfonamides is 1. The van der Waals surface area contributed by atoms with Crippen LogP contribution in [0.3, 0.4) is 0 Å². The van der Waals surface area contributed by atoms with Gasteiger partial charge in [0.15, 0.2) is 11.6 Å². The van der Waals surface area contributed by atoms with Crippen molar-refractivity contribution in [2.24, 2.45) is 0 Å². The van der Waals surface area contributed by atoms with Crippen LogP contribution in [-0.4, -0.2) is 45.2 Å². The van der Waals surface area contributed by atoms with Crippen LogP contribution in [0.15, 0.2) is 18.2 Å². The van der Waals surface area contributed by atoms with Gasteiger partial charge < -0.3 is 4.90 Å². The van der Waals surface area contributed by atoms with Crippen molar-refractivity contribution in [3.05, 3.63) is 29.8 Å². The highest BCUT2D eigenvalue weighted by Crippen LogP contribution is 2.27. The van der Waals surface area contributed by atoms with Gasteiger partial charge in [-0.3, -0.25) is 0 Å². The lowest BCUT2D eigenvalue weighted by Crippen LogP contribution is -2.38. The van der Waals surface area contributed by atoms with Crippen LogP contribution in [0.2, 0.25) is 0 Å². The van der Waals surface area contributed by atoms with E-state index < -0.39 is 21.7 Å². The number of anilines is 1. The van der Waals surface area contributed by atoms with E-state index in [2.05, 4.69) is 0 Å². The Kier molecular flexibility index (Phi) is 3.78. The van der Waals surface area contributed by atoms with Gasteiger partial charge in [0.05, 0.1) is 11.9 Å². The Hall–Kier alpha value is -1.21. The highest BCUT2D eigenvalue weighted by Gasteiger charge is 2.31. The van der Waals surface area contributed by atoms with Crippen LogP contribution < -0.4 is 4.90 Å². The summed E-state index contributed by atoms with van der Waals surface area (Å²) in [6.07, 6.45) is 1.73. The number of benzene rings is 1. The molecule has 1 fully saturated rings. The molecule has 19 heavy (non-hydrogen) atoms. The second kappa shape index (κ2) is 5.05. The Labute approximate surface area is 111 Å². The van der Waals surface area contributed by atoms with Crippen molar-refractivity contribution in [2.75, 3.05) is 31.3 Å². The smallest absolute Gasteiger partial charge is 0.211 e. The quantitative estimate of drug-likeness (QED) is 0.845. The SMILES string of the molecule is CN([C@@H]1CCN(c2cccc(F)c2F)C1)S(C)(=O)=O. The van der Waals surface area contributed by atoms with Crippen molar-refractivity contribution < 1.29 is 17.2 Å².